The molecule has 0 saturated heterocycles. The van der Waals surface area contributed by atoms with Gasteiger partial charge in [0.15, 0.2) is 0 Å². The number of ether oxygens (including phenoxy) is 1. The normalized spacial score (nSPS) is 19.1. The lowest BCUT2D eigenvalue weighted by molar-refractivity contribution is -0.138. The second-order valence-corrected chi connectivity index (χ2v) is 6.07. The van der Waals surface area contributed by atoms with E-state index in [-0.39, 0.29) is 6.61 Å². The molecule has 26 heavy (non-hydrogen) atoms. The summed E-state index contributed by atoms with van der Waals surface area (Å²) in [7, 11) is 0. The van der Waals surface area contributed by atoms with E-state index in [0.717, 1.165) is 17.4 Å². The molecule has 6 nitrogen and oxygen atoms in total. The quantitative estimate of drug-likeness (QED) is 0.802. The average Bonchev–Trinajstić information content (AvgIpc) is 3.10. The summed E-state index contributed by atoms with van der Waals surface area (Å²) in [6, 6.07) is 7.67. The van der Waals surface area contributed by atoms with Crippen LogP contribution in [-0.4, -0.2) is 18.4 Å². The van der Waals surface area contributed by atoms with Crippen LogP contribution in [-0.2, 0) is 9.53 Å². The first-order valence-corrected chi connectivity index (χ1v) is 8.74. The van der Waals surface area contributed by atoms with Crippen LogP contribution in [0.25, 0.3) is 11.0 Å². The van der Waals surface area contributed by atoms with Gasteiger partial charge in [0.2, 0.25) is 0 Å². The van der Waals surface area contributed by atoms with Crippen molar-refractivity contribution >= 4 is 22.8 Å². The van der Waals surface area contributed by atoms with Crippen molar-refractivity contribution in [3.8, 4) is 0 Å². The minimum atomic E-state index is -0.479. The number of carbonyl (C=O) groups is 1. The first kappa shape index (κ1) is 17.8. The minimum Gasteiger partial charge on any atom is -0.464 e. The van der Waals surface area contributed by atoms with E-state index in [9.17, 15) is 4.79 Å². The number of allylic oxidation sites excluding steroid dienone is 1. The summed E-state index contributed by atoms with van der Waals surface area (Å²) in [4.78, 5) is 17.3. The molecule has 1 aliphatic heterocycles. The lowest BCUT2D eigenvalue weighted by Gasteiger charge is -2.28. The molecule has 0 saturated carbocycles. The van der Waals surface area contributed by atoms with Gasteiger partial charge in [0.05, 0.1) is 30.1 Å². The molecular formula is C20H23N3O3. The first-order chi connectivity index (χ1) is 12.6. The molecular weight excluding hydrogens is 330 g/mol. The average molecular weight is 353 g/mol. The molecule has 2 aromatic rings. The van der Waals surface area contributed by atoms with Gasteiger partial charge >= 0.3 is 5.97 Å². The van der Waals surface area contributed by atoms with Gasteiger partial charge in [-0.3, -0.25) is 0 Å². The van der Waals surface area contributed by atoms with Crippen molar-refractivity contribution in [1.82, 2.24) is 0 Å². The fourth-order valence-electron chi connectivity index (χ4n) is 3.36. The summed E-state index contributed by atoms with van der Waals surface area (Å²) in [6.45, 7) is 4.08. The number of fused-ring (bicyclic) bond motifs is 1. The number of nitrogens with two attached hydrogens (primary N) is 2. The highest BCUT2D eigenvalue weighted by atomic mass is 16.5. The van der Waals surface area contributed by atoms with Crippen LogP contribution < -0.4 is 11.5 Å². The van der Waals surface area contributed by atoms with E-state index in [1.165, 1.54) is 6.20 Å². The molecule has 0 radical (unpaired) electrons. The molecule has 0 aliphatic carbocycles. The van der Waals surface area contributed by atoms with Crippen LogP contribution >= 0.6 is 0 Å². The van der Waals surface area contributed by atoms with Crippen LogP contribution in [0.5, 0.6) is 0 Å². The first-order valence-electron chi connectivity index (χ1n) is 8.74. The molecule has 0 amide bonds. The molecule has 136 valence electrons. The monoisotopic (exact) mass is 353 g/mol. The van der Waals surface area contributed by atoms with Crippen LogP contribution in [0.4, 0.5) is 0 Å². The maximum Gasteiger partial charge on any atom is 0.336 e. The molecule has 0 fully saturated rings. The van der Waals surface area contributed by atoms with Gasteiger partial charge in [0, 0.05) is 22.7 Å². The number of esters is 1. The van der Waals surface area contributed by atoms with Gasteiger partial charge in [-0.05, 0) is 19.4 Å². The number of furan rings is 1. The predicted molar refractivity (Wildman–Crippen MR) is 101 cm³/mol. The minimum absolute atomic E-state index is 0.278. The molecule has 1 unspecified atom stereocenters. The maximum absolute atomic E-state index is 12.8. The molecule has 4 N–H and O–H groups in total. The second kappa shape index (κ2) is 7.47. The SMILES string of the molecule is CCCC1=C(C(=O)OCC)C(c2cccc3ccoc23)/C(=C/N)C(N)=N1. The second-order valence-electron chi connectivity index (χ2n) is 6.07. The number of hydrogen-bond acceptors (Lipinski definition) is 6. The third-order valence-corrected chi connectivity index (χ3v) is 4.44. The van der Waals surface area contributed by atoms with Crippen molar-refractivity contribution in [2.45, 2.75) is 32.6 Å². The summed E-state index contributed by atoms with van der Waals surface area (Å²) >= 11 is 0. The maximum atomic E-state index is 12.8. The zero-order chi connectivity index (χ0) is 18.7. The van der Waals surface area contributed by atoms with E-state index in [1.807, 2.05) is 31.2 Å². The summed E-state index contributed by atoms with van der Waals surface area (Å²) in [5.41, 5.74) is 15.3. The van der Waals surface area contributed by atoms with Crippen molar-refractivity contribution in [3.63, 3.8) is 0 Å². The number of hydrogen-bond donors (Lipinski definition) is 2. The Morgan fingerprint density at radius 2 is 2.15 bits per heavy atom. The van der Waals surface area contributed by atoms with Gasteiger partial charge in [-0.15, -0.1) is 0 Å². The number of rotatable bonds is 5. The Bertz CT molecular complexity index is 921. The van der Waals surface area contributed by atoms with Gasteiger partial charge in [0.25, 0.3) is 0 Å². The van der Waals surface area contributed by atoms with Crippen LogP contribution in [0.2, 0.25) is 0 Å². The highest BCUT2D eigenvalue weighted by Gasteiger charge is 2.36. The molecule has 3 rings (SSSR count). The summed E-state index contributed by atoms with van der Waals surface area (Å²) in [5, 5.41) is 0.945. The summed E-state index contributed by atoms with van der Waals surface area (Å²) in [5.74, 6) is -0.564. The number of carbonyl (C=O) groups excluding carboxylic acids is 1. The Morgan fingerprint density at radius 1 is 1.35 bits per heavy atom. The van der Waals surface area contributed by atoms with Crippen molar-refractivity contribution in [3.05, 3.63) is 59.1 Å². The van der Waals surface area contributed by atoms with Gasteiger partial charge in [-0.2, -0.15) is 0 Å². The van der Waals surface area contributed by atoms with E-state index < -0.39 is 11.9 Å². The molecule has 0 spiro atoms. The third-order valence-electron chi connectivity index (χ3n) is 4.44. The fraction of sp³-hybridized carbons (Fsp3) is 0.300. The van der Waals surface area contributed by atoms with Gasteiger partial charge in [-0.25, -0.2) is 9.79 Å². The smallest absolute Gasteiger partial charge is 0.336 e. The number of amidine groups is 1. The van der Waals surface area contributed by atoms with Crippen LogP contribution in [0.3, 0.4) is 0 Å². The van der Waals surface area contributed by atoms with Crippen molar-refractivity contribution in [1.29, 1.82) is 0 Å². The van der Waals surface area contributed by atoms with Crippen LogP contribution in [0.15, 0.2) is 63.0 Å². The largest absolute Gasteiger partial charge is 0.464 e. The topological polar surface area (TPSA) is 104 Å². The Hall–Kier alpha value is -3.02. The Labute approximate surface area is 152 Å². The zero-order valence-corrected chi connectivity index (χ0v) is 15.0. The molecule has 6 heteroatoms. The Morgan fingerprint density at radius 3 is 2.85 bits per heavy atom. The molecule has 0 bridgehead atoms. The zero-order valence-electron chi connectivity index (χ0n) is 15.0. The fourth-order valence-corrected chi connectivity index (χ4v) is 3.36. The Kier molecular flexibility index (Phi) is 5.11. The molecule has 1 aromatic carbocycles. The van der Waals surface area contributed by atoms with E-state index in [4.69, 9.17) is 20.6 Å². The van der Waals surface area contributed by atoms with Crippen molar-refractivity contribution in [2.24, 2.45) is 16.5 Å². The molecule has 1 atom stereocenters. The number of para-hydroxylation sites is 1. The number of aliphatic imine (C=N–C) groups is 1. The highest BCUT2D eigenvalue weighted by Crippen LogP contribution is 2.41. The van der Waals surface area contributed by atoms with Crippen LogP contribution in [0.1, 0.15) is 38.2 Å². The van der Waals surface area contributed by atoms with Gasteiger partial charge in [0.1, 0.15) is 11.4 Å². The van der Waals surface area contributed by atoms with E-state index in [1.54, 1.807) is 13.2 Å². The number of benzene rings is 1. The third kappa shape index (κ3) is 2.98. The Balaban J connectivity index is 2.28. The van der Waals surface area contributed by atoms with E-state index in [2.05, 4.69) is 4.99 Å². The summed E-state index contributed by atoms with van der Waals surface area (Å²) in [6.07, 6.45) is 4.49. The predicted octanol–water partition coefficient (Wildman–Crippen LogP) is 3.35. The lowest BCUT2D eigenvalue weighted by Crippen LogP contribution is -2.30. The molecule has 1 aliphatic rings. The molecule has 2 heterocycles. The highest BCUT2D eigenvalue weighted by molar-refractivity contribution is 6.06. The van der Waals surface area contributed by atoms with E-state index >= 15 is 0 Å². The van der Waals surface area contributed by atoms with Gasteiger partial charge < -0.3 is 20.6 Å². The van der Waals surface area contributed by atoms with Crippen molar-refractivity contribution < 1.29 is 13.9 Å². The van der Waals surface area contributed by atoms with Gasteiger partial charge in [-0.1, -0.05) is 31.5 Å². The van der Waals surface area contributed by atoms with E-state index in [0.29, 0.717) is 34.7 Å². The summed E-state index contributed by atoms with van der Waals surface area (Å²) < 4.78 is 11.0. The van der Waals surface area contributed by atoms with Crippen molar-refractivity contribution in [2.75, 3.05) is 6.61 Å². The standard InChI is InChI=1S/C20H23N3O3/c1-3-6-15-17(20(24)25-4-2)16(14(11-21)19(22)23-15)13-8-5-7-12-9-10-26-18(12)13/h5,7-11,16H,3-4,6,21H2,1-2H3,(H2,22,23)/b14-11-. The molecule has 1 aromatic heterocycles. The lowest BCUT2D eigenvalue weighted by atomic mass is 9.80. The van der Waals surface area contributed by atoms with Crippen LogP contribution in [0, 0.1) is 0 Å². The number of nitrogens with zero attached hydrogens (tertiary/aromatic N) is 1.